The van der Waals surface area contributed by atoms with E-state index in [0.29, 0.717) is 18.4 Å². The van der Waals surface area contributed by atoms with Crippen molar-refractivity contribution in [3.05, 3.63) is 29.8 Å². The van der Waals surface area contributed by atoms with Crippen LogP contribution in [0.2, 0.25) is 0 Å². The van der Waals surface area contributed by atoms with Gasteiger partial charge >= 0.3 is 5.97 Å². The zero-order chi connectivity index (χ0) is 66.2. The molecular formula is C51H83N17O16S4. The standard InChI is InChI=1S/C51H83N17O16S4/c1-25(59-48(81)37-8-5-17-68(37)49(82)31(7-4-16-57-51(55)56)62-47(80)35(23-87)66-41(74)28(53)21-85)40(73)65-34(22-86)42(75)58-19-39(72)60-29(6-2-3-15-52)43(76)61-30(13-14-38(54)71)44(77)63-32(18-26-9-11-27(70)12-10-26)45(78)64-33(20-69)46(79)67-36(24-88)50(83)84/h9-12,25,28-37,69-70,85-88H,2-8,13-24,52-53H2,1H3,(H2,54,71)(H,58,75)(H,59,81)(H,60,72)(H,61,76)(H,62,80)(H,63,77)(H,64,78)(H,65,73)(H,66,74)(H,67,79)(H,83,84)(H4,55,56,57)/t25-,28-,29-,30-,31-,32-,33-,34-,35-,36-,37-/m0/s1. The number of primary amides is 1. The van der Waals surface area contributed by atoms with Gasteiger partial charge in [-0.15, -0.1) is 0 Å². The Morgan fingerprint density at radius 1 is 0.614 bits per heavy atom. The van der Waals surface area contributed by atoms with Gasteiger partial charge in [-0.3, -0.25) is 62.5 Å². The van der Waals surface area contributed by atoms with Crippen molar-refractivity contribution in [1.82, 2.24) is 58.1 Å². The molecule has 88 heavy (non-hydrogen) atoms. The van der Waals surface area contributed by atoms with Crippen LogP contribution in [-0.2, 0) is 68.7 Å². The third kappa shape index (κ3) is 27.0. The second kappa shape index (κ2) is 40.3. The molecule has 1 aromatic rings. The van der Waals surface area contributed by atoms with Crippen LogP contribution in [0, 0.1) is 0 Å². The van der Waals surface area contributed by atoms with Crippen LogP contribution in [0.3, 0.4) is 0 Å². The number of hydrogen-bond acceptors (Lipinski definition) is 22. The first kappa shape index (κ1) is 76.8. The number of aliphatic carboxylic acids is 1. The molecule has 1 fully saturated rings. The molecule has 1 aliphatic heterocycles. The number of benzene rings is 1. The van der Waals surface area contributed by atoms with E-state index in [1.807, 2.05) is 0 Å². The Hall–Kier alpha value is -7.32. The summed E-state index contributed by atoms with van der Waals surface area (Å²) in [6, 6.07) is -9.83. The lowest BCUT2D eigenvalue weighted by molar-refractivity contribution is -0.142. The van der Waals surface area contributed by atoms with E-state index in [2.05, 4.69) is 109 Å². The Morgan fingerprint density at radius 3 is 1.69 bits per heavy atom. The van der Waals surface area contributed by atoms with Gasteiger partial charge in [-0.2, -0.15) is 50.5 Å². The number of phenols is 1. The number of phenolic OH excluding ortho intramolecular Hbond substituents is 1. The molecule has 0 radical (unpaired) electrons. The Labute approximate surface area is 529 Å². The summed E-state index contributed by atoms with van der Waals surface area (Å²) in [5.41, 5.74) is 28.1. The number of nitrogens with one attached hydrogen (secondary N) is 10. The molecule has 492 valence electrons. The number of guanidine groups is 1. The molecule has 33 nitrogen and oxygen atoms in total. The zero-order valence-corrected chi connectivity index (χ0v) is 51.9. The summed E-state index contributed by atoms with van der Waals surface area (Å²) in [5, 5.41) is 53.3. The third-order valence-corrected chi connectivity index (χ3v) is 14.8. The number of unbranched alkanes of at least 4 members (excludes halogenated alkanes) is 1. The number of carboxylic acid groups (broad SMARTS) is 1. The van der Waals surface area contributed by atoms with Gasteiger partial charge in [0, 0.05) is 48.9 Å². The van der Waals surface area contributed by atoms with Crippen molar-refractivity contribution in [2.75, 3.05) is 55.8 Å². The normalized spacial score (nSPS) is 16.1. The minimum atomic E-state index is -1.73. The van der Waals surface area contributed by atoms with E-state index in [4.69, 9.17) is 28.7 Å². The number of carboxylic acids is 1. The number of amides is 12. The summed E-state index contributed by atoms with van der Waals surface area (Å²) in [6.07, 6.45) is 0.0342. The largest absolute Gasteiger partial charge is 0.508 e. The number of aliphatic hydroxyl groups is 1. The number of aromatic hydroxyl groups is 1. The van der Waals surface area contributed by atoms with Crippen LogP contribution >= 0.6 is 50.5 Å². The summed E-state index contributed by atoms with van der Waals surface area (Å²) >= 11 is 16.2. The molecule has 0 saturated carbocycles. The topological polar surface area (TPSA) is 549 Å². The SMILES string of the molecule is C[C@H](NC(=O)[C@@H]1CCCN1C(=O)[C@H](CCCN=C(N)N)NC(=O)[C@H](CS)NC(=O)[C@@H](N)CS)C(=O)N[C@@H](CS)C(=O)NCC(=O)N[C@@H](CCCCN)C(=O)N[C@@H](CCC(N)=O)C(=O)N[C@@H](Cc1ccc(O)cc1)C(=O)N[C@@H](CO)C(=O)N[C@@H](CS)C(=O)O. The number of aliphatic hydroxyl groups excluding tert-OH is 1. The van der Waals surface area contributed by atoms with Gasteiger partial charge in [0.1, 0.15) is 66.2 Å². The lowest BCUT2D eigenvalue weighted by Crippen LogP contribution is -2.60. The minimum Gasteiger partial charge on any atom is -0.508 e. The van der Waals surface area contributed by atoms with E-state index in [1.54, 1.807) is 0 Å². The molecule has 12 amide bonds. The van der Waals surface area contributed by atoms with Gasteiger partial charge in [0.25, 0.3) is 0 Å². The fourth-order valence-electron chi connectivity index (χ4n) is 8.36. The van der Waals surface area contributed by atoms with E-state index < -0.39 is 169 Å². The average molecular weight is 1320 g/mol. The molecule has 23 N–H and O–H groups in total. The zero-order valence-electron chi connectivity index (χ0n) is 48.3. The number of likely N-dealkylation sites (tertiary alicyclic amines) is 1. The molecular weight excluding hydrogens is 1230 g/mol. The first-order valence-corrected chi connectivity index (χ1v) is 30.3. The van der Waals surface area contributed by atoms with Crippen LogP contribution in [0.25, 0.3) is 0 Å². The number of nitrogens with two attached hydrogens (primary N) is 5. The van der Waals surface area contributed by atoms with E-state index in [9.17, 15) is 77.6 Å². The van der Waals surface area contributed by atoms with Gasteiger partial charge in [0.05, 0.1) is 19.2 Å². The highest BCUT2D eigenvalue weighted by Gasteiger charge is 2.40. The fourth-order valence-corrected chi connectivity index (χ4v) is 9.28. The summed E-state index contributed by atoms with van der Waals surface area (Å²) in [7, 11) is 0. The molecule has 1 aliphatic rings. The third-order valence-electron chi connectivity index (χ3n) is 13.3. The number of nitrogens with zero attached hydrogens (tertiary/aromatic N) is 2. The lowest BCUT2D eigenvalue weighted by Gasteiger charge is -2.30. The van der Waals surface area contributed by atoms with Crippen molar-refractivity contribution in [2.24, 2.45) is 33.7 Å². The van der Waals surface area contributed by atoms with Crippen LogP contribution < -0.4 is 81.8 Å². The Balaban J connectivity index is 2.23. The molecule has 0 aromatic heterocycles. The smallest absolute Gasteiger partial charge is 0.327 e. The first-order valence-electron chi connectivity index (χ1n) is 27.8. The maximum absolute atomic E-state index is 14.1. The highest BCUT2D eigenvalue weighted by molar-refractivity contribution is 7.80. The molecule has 0 spiro atoms. The average Bonchev–Trinajstić information content (AvgIpc) is 4.23. The Morgan fingerprint density at radius 2 is 1.12 bits per heavy atom. The molecule has 2 rings (SSSR count). The van der Waals surface area contributed by atoms with Crippen LogP contribution in [0.15, 0.2) is 29.3 Å². The van der Waals surface area contributed by atoms with Crippen molar-refractivity contribution in [3.8, 4) is 5.75 Å². The van der Waals surface area contributed by atoms with Crippen molar-refractivity contribution in [1.29, 1.82) is 0 Å². The van der Waals surface area contributed by atoms with Crippen LogP contribution in [0.4, 0.5) is 0 Å². The molecule has 0 unspecified atom stereocenters. The van der Waals surface area contributed by atoms with Crippen molar-refractivity contribution >= 4 is 133 Å². The van der Waals surface area contributed by atoms with E-state index in [1.165, 1.54) is 36.1 Å². The van der Waals surface area contributed by atoms with Crippen molar-refractivity contribution in [3.63, 3.8) is 0 Å². The van der Waals surface area contributed by atoms with Gasteiger partial charge in [0.2, 0.25) is 70.9 Å². The van der Waals surface area contributed by atoms with Crippen molar-refractivity contribution in [2.45, 2.75) is 138 Å². The predicted octanol–water partition coefficient (Wildman–Crippen LogP) is -8.00. The van der Waals surface area contributed by atoms with Crippen LogP contribution in [0.5, 0.6) is 5.75 Å². The van der Waals surface area contributed by atoms with Crippen LogP contribution in [-0.4, -0.2) is 225 Å². The number of thiol groups is 4. The second-order valence-electron chi connectivity index (χ2n) is 20.2. The number of carbonyl (C=O) groups is 13. The molecule has 1 heterocycles. The molecule has 0 bridgehead atoms. The second-order valence-corrected chi connectivity index (χ2v) is 21.6. The number of aliphatic imine (C=N–C) groups is 1. The maximum atomic E-state index is 14.1. The number of rotatable bonds is 40. The quantitative estimate of drug-likeness (QED) is 0.0126. The lowest BCUT2D eigenvalue weighted by atomic mass is 10.0. The molecule has 0 aliphatic carbocycles. The number of carbonyl (C=O) groups excluding carboxylic acids is 12. The van der Waals surface area contributed by atoms with Crippen molar-refractivity contribution < 1.29 is 77.6 Å². The van der Waals surface area contributed by atoms with Gasteiger partial charge in [-0.1, -0.05) is 12.1 Å². The first-order chi connectivity index (χ1) is 41.6. The van der Waals surface area contributed by atoms with E-state index in [0.717, 1.165) is 0 Å². The van der Waals surface area contributed by atoms with Gasteiger partial charge in [0.15, 0.2) is 5.96 Å². The van der Waals surface area contributed by atoms with Gasteiger partial charge < -0.3 is 102 Å². The fraction of sp³-hybridized carbons (Fsp3) is 0.608. The monoisotopic (exact) mass is 1320 g/mol. The molecule has 37 heteroatoms. The predicted molar refractivity (Wildman–Crippen MR) is 332 cm³/mol. The molecule has 11 atom stereocenters. The highest BCUT2D eigenvalue weighted by atomic mass is 32.1. The summed E-state index contributed by atoms with van der Waals surface area (Å²) in [4.78, 5) is 177. The summed E-state index contributed by atoms with van der Waals surface area (Å²) in [5.74, 6) is -13.4. The Kier molecular flexibility index (Phi) is 35.1. The highest BCUT2D eigenvalue weighted by Crippen LogP contribution is 2.21. The van der Waals surface area contributed by atoms with Gasteiger partial charge in [-0.05, 0) is 82.5 Å². The molecule has 1 aromatic carbocycles. The van der Waals surface area contributed by atoms with E-state index >= 15 is 0 Å². The minimum absolute atomic E-state index is 0.00447. The van der Waals surface area contributed by atoms with Gasteiger partial charge in [-0.25, -0.2) is 4.79 Å². The van der Waals surface area contributed by atoms with E-state index in [-0.39, 0.29) is 92.9 Å². The number of hydrogen-bond donors (Lipinski definition) is 22. The van der Waals surface area contributed by atoms with Crippen LogP contribution in [0.1, 0.15) is 70.3 Å². The summed E-state index contributed by atoms with van der Waals surface area (Å²) < 4.78 is 0. The summed E-state index contributed by atoms with van der Waals surface area (Å²) in [6.45, 7) is -0.136. The Bertz CT molecular complexity index is 2610. The molecule has 1 saturated heterocycles. The maximum Gasteiger partial charge on any atom is 0.327 e.